The number of rotatable bonds is 7. The van der Waals surface area contributed by atoms with E-state index < -0.39 is 22.7 Å². The molecule has 1 atom stereocenters. The predicted molar refractivity (Wildman–Crippen MR) is 126 cm³/mol. The number of nitrogens with zero attached hydrogens (tertiary/aromatic N) is 2. The summed E-state index contributed by atoms with van der Waals surface area (Å²) in [6.45, 7) is 6.51. The van der Waals surface area contributed by atoms with Gasteiger partial charge in [0.25, 0.3) is 0 Å². The Bertz CT molecular complexity index is 889. The molecule has 6 nitrogen and oxygen atoms in total. The number of nitrogens with one attached hydrogen (secondary N) is 2. The number of aryl methyl sites for hydroxylation is 1. The molecule has 187 valence electrons. The Morgan fingerprint density at radius 1 is 1.06 bits per heavy atom. The molecule has 11 heteroatoms. The number of halogens is 3. The summed E-state index contributed by atoms with van der Waals surface area (Å²) in [7, 11) is -1.33. The van der Waals surface area contributed by atoms with Crippen molar-refractivity contribution >= 4 is 22.4 Å². The van der Waals surface area contributed by atoms with E-state index in [1.165, 1.54) is 18.9 Å². The van der Waals surface area contributed by atoms with Gasteiger partial charge in [-0.2, -0.15) is 13.2 Å². The minimum atomic E-state index is -4.37. The van der Waals surface area contributed by atoms with Crippen LogP contribution < -0.4 is 10.4 Å². The monoisotopic (exact) mass is 574 g/mol. The SMILES string of the molecule is CCCCCNO.Cc1cc(N2CCN(S(=O)c3ccc([NH-])cc3)CC2)cc(C(F)(F)F)c1.[Y]. The van der Waals surface area contributed by atoms with Crippen molar-refractivity contribution in [1.29, 1.82) is 0 Å². The van der Waals surface area contributed by atoms with E-state index in [-0.39, 0.29) is 32.7 Å². The molecule has 2 aromatic rings. The number of benzene rings is 2. The third-order valence-corrected chi connectivity index (χ3v) is 6.69. The Kier molecular flexibility index (Phi) is 13.8. The van der Waals surface area contributed by atoms with Gasteiger partial charge in [-0.25, -0.2) is 14.0 Å². The number of hydrogen-bond acceptors (Lipinski definition) is 4. The molecule has 1 fully saturated rings. The van der Waals surface area contributed by atoms with Gasteiger partial charge < -0.3 is 15.8 Å². The fraction of sp³-hybridized carbons (Fsp3) is 0.478. The normalized spacial score (nSPS) is 15.2. The Labute approximate surface area is 227 Å². The molecule has 0 amide bonds. The summed E-state index contributed by atoms with van der Waals surface area (Å²) in [5, 5.41) is 8.04. The molecule has 3 N–H and O–H groups in total. The Hall–Kier alpha value is -1.04. The first-order chi connectivity index (χ1) is 15.7. The molecule has 0 bridgehead atoms. The van der Waals surface area contributed by atoms with E-state index in [0.717, 1.165) is 19.0 Å². The van der Waals surface area contributed by atoms with E-state index in [9.17, 15) is 17.4 Å². The van der Waals surface area contributed by atoms with Crippen molar-refractivity contribution in [2.24, 2.45) is 0 Å². The molecule has 1 radical (unpaired) electrons. The minimum absolute atomic E-state index is 0. The molecule has 1 unspecified atom stereocenters. The van der Waals surface area contributed by atoms with Gasteiger partial charge in [-0.3, -0.25) is 0 Å². The molecule has 2 aromatic carbocycles. The number of piperazine rings is 1. The maximum atomic E-state index is 13.0. The van der Waals surface area contributed by atoms with Crippen LogP contribution in [0.25, 0.3) is 5.73 Å². The van der Waals surface area contributed by atoms with Crippen molar-refractivity contribution in [3.8, 4) is 0 Å². The minimum Gasteiger partial charge on any atom is -0.699 e. The van der Waals surface area contributed by atoms with Gasteiger partial charge in [-0.1, -0.05) is 31.9 Å². The zero-order valence-electron chi connectivity index (χ0n) is 19.6. The van der Waals surface area contributed by atoms with Crippen molar-refractivity contribution in [1.82, 2.24) is 9.79 Å². The second kappa shape index (κ2) is 15.2. The van der Waals surface area contributed by atoms with Gasteiger partial charge in [0.15, 0.2) is 0 Å². The molecule has 1 aliphatic rings. The van der Waals surface area contributed by atoms with E-state index in [0.29, 0.717) is 48.0 Å². The molecule has 1 aliphatic heterocycles. The third kappa shape index (κ3) is 9.91. The Balaban J connectivity index is 0.000000633. The van der Waals surface area contributed by atoms with Gasteiger partial charge in [0.05, 0.1) is 10.5 Å². The number of alkyl halides is 3. The smallest absolute Gasteiger partial charge is 0.416 e. The van der Waals surface area contributed by atoms with Crippen molar-refractivity contribution in [2.45, 2.75) is 44.2 Å². The molecule has 34 heavy (non-hydrogen) atoms. The van der Waals surface area contributed by atoms with Crippen molar-refractivity contribution in [3.05, 3.63) is 59.3 Å². The molecule has 0 saturated carbocycles. The first-order valence-electron chi connectivity index (χ1n) is 10.9. The summed E-state index contributed by atoms with van der Waals surface area (Å²) >= 11 is 0. The van der Waals surface area contributed by atoms with Crippen LogP contribution in [0.2, 0.25) is 0 Å². The van der Waals surface area contributed by atoms with Crippen LogP contribution in [0.4, 0.5) is 24.5 Å². The van der Waals surface area contributed by atoms with Crippen LogP contribution in [0.3, 0.4) is 0 Å². The molecular weight excluding hydrogens is 542 g/mol. The number of hydrogen-bond donors (Lipinski definition) is 2. The quantitative estimate of drug-likeness (QED) is 0.329. The van der Waals surface area contributed by atoms with Gasteiger partial charge >= 0.3 is 6.18 Å². The summed E-state index contributed by atoms with van der Waals surface area (Å²) in [4.78, 5) is 2.52. The van der Waals surface area contributed by atoms with E-state index >= 15 is 0 Å². The molecule has 0 aromatic heterocycles. The topological polar surface area (TPSA) is 79.6 Å². The summed E-state index contributed by atoms with van der Waals surface area (Å²) < 4.78 is 53.5. The fourth-order valence-corrected chi connectivity index (χ4v) is 4.56. The average molecular weight is 575 g/mol. The standard InChI is InChI=1S/C18H19F3N3OS.C5H13NO.Y/c1-13-10-14(18(19,20)21)12-16(11-13)23-6-8-24(9-7-23)26(25)17-4-2-15(22)3-5-17;1-2-3-4-5-6-7;/h2-5,10-12,22H,6-9H2,1H3;6-7H,2-5H2,1H3;/q-1;;. The second-order valence-electron chi connectivity index (χ2n) is 7.86. The number of unbranched alkanes of at least 4 members (excludes halogenated alkanes) is 2. The maximum Gasteiger partial charge on any atom is 0.416 e. The Morgan fingerprint density at radius 2 is 1.68 bits per heavy atom. The van der Waals surface area contributed by atoms with E-state index in [1.54, 1.807) is 41.6 Å². The predicted octanol–water partition coefficient (Wildman–Crippen LogP) is 5.70. The van der Waals surface area contributed by atoms with Crippen LogP contribution >= 0.6 is 0 Å². The van der Waals surface area contributed by atoms with Gasteiger partial charge in [0, 0.05) is 71.1 Å². The van der Waals surface area contributed by atoms with Gasteiger partial charge in [-0.15, -0.1) is 5.69 Å². The van der Waals surface area contributed by atoms with Crippen LogP contribution in [-0.4, -0.2) is 46.4 Å². The average Bonchev–Trinajstić information content (AvgIpc) is 2.79. The van der Waals surface area contributed by atoms with Crippen molar-refractivity contribution in [3.63, 3.8) is 0 Å². The van der Waals surface area contributed by atoms with Crippen LogP contribution in [0.5, 0.6) is 0 Å². The molecule has 3 rings (SSSR count). The molecule has 1 heterocycles. The summed E-state index contributed by atoms with van der Waals surface area (Å²) in [5.41, 5.74) is 10.4. The molecule has 1 saturated heterocycles. The first-order valence-corrected chi connectivity index (χ1v) is 12.1. The van der Waals surface area contributed by atoms with Crippen LogP contribution in [0.15, 0.2) is 47.4 Å². The zero-order chi connectivity index (χ0) is 24.4. The summed E-state index contributed by atoms with van der Waals surface area (Å²) in [5.74, 6) is 0. The molecule has 0 aliphatic carbocycles. The van der Waals surface area contributed by atoms with E-state index in [4.69, 9.17) is 10.9 Å². The number of hydroxylamine groups is 1. The van der Waals surface area contributed by atoms with Gasteiger partial charge in [0.2, 0.25) is 0 Å². The molecule has 0 spiro atoms. The third-order valence-electron chi connectivity index (χ3n) is 5.18. The largest absolute Gasteiger partial charge is 0.699 e. The molecular formula is C23H32F3N4O2SY-. The van der Waals surface area contributed by atoms with Gasteiger partial charge in [0.1, 0.15) is 11.0 Å². The van der Waals surface area contributed by atoms with Crippen molar-refractivity contribution < 1.29 is 55.3 Å². The maximum absolute atomic E-state index is 13.0. The fourth-order valence-electron chi connectivity index (χ4n) is 3.40. The Morgan fingerprint density at radius 3 is 2.21 bits per heavy atom. The van der Waals surface area contributed by atoms with Crippen LogP contribution in [0.1, 0.15) is 37.3 Å². The van der Waals surface area contributed by atoms with Crippen LogP contribution in [0, 0.1) is 6.92 Å². The van der Waals surface area contributed by atoms with Gasteiger partial charge in [-0.05, 0) is 49.2 Å². The van der Waals surface area contributed by atoms with Crippen molar-refractivity contribution in [2.75, 3.05) is 37.6 Å². The first kappa shape index (κ1) is 31.0. The number of anilines is 1. The van der Waals surface area contributed by atoms with E-state index in [1.807, 2.05) is 4.90 Å². The zero-order valence-corrected chi connectivity index (χ0v) is 23.2. The summed E-state index contributed by atoms with van der Waals surface area (Å²) in [6.07, 6.45) is -0.879. The van der Waals surface area contributed by atoms with E-state index in [2.05, 4.69) is 12.4 Å². The summed E-state index contributed by atoms with van der Waals surface area (Å²) in [6, 6.07) is 10.6. The van der Waals surface area contributed by atoms with Crippen LogP contribution in [-0.2, 0) is 49.9 Å². The second-order valence-corrected chi connectivity index (χ2v) is 9.35.